The average molecular weight is 517 g/mol. The van der Waals surface area contributed by atoms with Crippen LogP contribution in [0.3, 0.4) is 0 Å². The van der Waals surface area contributed by atoms with Crippen LogP contribution in [0.2, 0.25) is 0 Å². The van der Waals surface area contributed by atoms with E-state index in [4.69, 9.17) is 0 Å². The van der Waals surface area contributed by atoms with Crippen LogP contribution < -0.4 is 10.6 Å². The Hall–Kier alpha value is -3.95. The van der Waals surface area contributed by atoms with Gasteiger partial charge in [-0.05, 0) is 50.7 Å². The number of anilines is 1. The molecule has 6 rings (SSSR count). The molecule has 2 saturated heterocycles. The molecule has 0 radical (unpaired) electrons. The third-order valence-electron chi connectivity index (χ3n) is 8.36. The van der Waals surface area contributed by atoms with Gasteiger partial charge in [0.2, 0.25) is 11.8 Å². The number of piperidine rings is 2. The lowest BCUT2D eigenvalue weighted by molar-refractivity contribution is -0.137. The lowest BCUT2D eigenvalue weighted by Crippen LogP contribution is -2.51. The lowest BCUT2D eigenvalue weighted by atomic mass is 10.0. The van der Waals surface area contributed by atoms with Gasteiger partial charge < -0.3 is 15.5 Å². The van der Waals surface area contributed by atoms with E-state index in [1.54, 1.807) is 24.4 Å². The van der Waals surface area contributed by atoms with Crippen LogP contribution in [0.4, 0.5) is 5.69 Å². The fourth-order valence-corrected chi connectivity index (χ4v) is 5.72. The molecule has 38 heavy (non-hydrogen) atoms. The molecule has 0 spiro atoms. The first kappa shape index (κ1) is 24.4. The molecule has 10 heteroatoms. The van der Waals surface area contributed by atoms with Gasteiger partial charge in [0.05, 0.1) is 23.4 Å². The van der Waals surface area contributed by atoms with Crippen LogP contribution >= 0.6 is 0 Å². The van der Waals surface area contributed by atoms with Crippen molar-refractivity contribution in [1.29, 1.82) is 0 Å². The molecule has 1 unspecified atom stereocenters. The van der Waals surface area contributed by atoms with Crippen molar-refractivity contribution in [3.05, 3.63) is 59.6 Å². The molecule has 4 heterocycles. The summed E-state index contributed by atoms with van der Waals surface area (Å²) >= 11 is 0. The number of carbonyl (C=O) groups is 4. The Bertz CT molecular complexity index is 1350. The molecular formula is C28H32N6O4. The Morgan fingerprint density at radius 1 is 1.16 bits per heavy atom. The zero-order valence-electron chi connectivity index (χ0n) is 21.5. The molecule has 4 aliphatic rings. The number of nitrogens with zero attached hydrogens (tertiary/aromatic N) is 4. The van der Waals surface area contributed by atoms with E-state index in [1.807, 2.05) is 15.8 Å². The molecule has 1 saturated carbocycles. The van der Waals surface area contributed by atoms with Crippen molar-refractivity contribution in [2.24, 2.45) is 5.41 Å². The first-order valence-corrected chi connectivity index (χ1v) is 13.3. The quantitative estimate of drug-likeness (QED) is 0.571. The Labute approximate surface area is 221 Å². The Balaban J connectivity index is 1.10. The zero-order valence-corrected chi connectivity index (χ0v) is 21.5. The number of fused-ring (bicyclic) bond motifs is 1. The highest BCUT2D eigenvalue weighted by atomic mass is 16.2. The second-order valence-electron chi connectivity index (χ2n) is 11.1. The summed E-state index contributed by atoms with van der Waals surface area (Å²) in [7, 11) is 0. The van der Waals surface area contributed by atoms with E-state index in [0.717, 1.165) is 49.2 Å². The molecule has 1 aromatic carbocycles. The summed E-state index contributed by atoms with van der Waals surface area (Å²) in [6, 6.07) is 4.53. The third-order valence-corrected chi connectivity index (χ3v) is 8.36. The Morgan fingerprint density at radius 2 is 1.92 bits per heavy atom. The molecule has 4 amide bonds. The maximum absolute atomic E-state index is 13.3. The molecule has 2 aromatic rings. The van der Waals surface area contributed by atoms with Gasteiger partial charge in [-0.25, -0.2) is 0 Å². The fourth-order valence-electron chi connectivity index (χ4n) is 5.72. The Morgan fingerprint density at radius 3 is 2.63 bits per heavy atom. The highest BCUT2D eigenvalue weighted by molar-refractivity contribution is 6.25. The van der Waals surface area contributed by atoms with Gasteiger partial charge in [-0.2, -0.15) is 5.10 Å². The van der Waals surface area contributed by atoms with Gasteiger partial charge in [-0.1, -0.05) is 19.6 Å². The lowest BCUT2D eigenvalue weighted by Gasteiger charge is -2.33. The maximum Gasteiger partial charge on any atom is 0.264 e. The molecule has 0 bridgehead atoms. The van der Waals surface area contributed by atoms with Crippen molar-refractivity contribution in [3.63, 3.8) is 0 Å². The minimum Gasteiger partial charge on any atom is -0.380 e. The fraction of sp³-hybridized carbons (Fsp3) is 0.464. The largest absolute Gasteiger partial charge is 0.380 e. The van der Waals surface area contributed by atoms with Crippen molar-refractivity contribution >= 4 is 29.3 Å². The summed E-state index contributed by atoms with van der Waals surface area (Å²) in [4.78, 5) is 54.6. The van der Waals surface area contributed by atoms with Crippen molar-refractivity contribution in [1.82, 2.24) is 24.9 Å². The van der Waals surface area contributed by atoms with Gasteiger partial charge >= 0.3 is 0 Å². The number of amides is 4. The van der Waals surface area contributed by atoms with Crippen LogP contribution in [-0.4, -0.2) is 62.3 Å². The van der Waals surface area contributed by atoms with Gasteiger partial charge in [0.1, 0.15) is 6.04 Å². The minimum absolute atomic E-state index is 0.129. The van der Waals surface area contributed by atoms with Crippen LogP contribution in [0, 0.1) is 5.41 Å². The van der Waals surface area contributed by atoms with Crippen LogP contribution in [0.25, 0.3) is 0 Å². The van der Waals surface area contributed by atoms with E-state index in [-0.39, 0.29) is 23.3 Å². The standard InChI is InChI=1S/C28H32N6O4/c1-17-6-7-22(24(35)31-17)34-25(36)20-4-3-5-21(23(20)26(34)37)29-14-18-15-30-33(16-18)19-8-12-32(13-9-19)27(38)28(2)10-11-28/h3-5,15-16,19,22,29H,1,6-14H2,2H3,(H,31,35). The van der Waals surface area contributed by atoms with Crippen LogP contribution in [-0.2, 0) is 16.1 Å². The van der Waals surface area contributed by atoms with Gasteiger partial charge in [-0.3, -0.25) is 28.8 Å². The molecule has 1 aromatic heterocycles. The highest BCUT2D eigenvalue weighted by Gasteiger charge is 2.48. The van der Waals surface area contributed by atoms with Crippen molar-refractivity contribution in [3.8, 4) is 0 Å². The SMILES string of the molecule is C=C1CCC(N2C(=O)c3cccc(NCc4cnn(C5CCN(C(=O)C6(C)CC6)CC5)c4)c3C2=O)C(=O)N1. The first-order valence-electron chi connectivity index (χ1n) is 13.3. The number of hydrogen-bond donors (Lipinski definition) is 2. The predicted octanol–water partition coefficient (Wildman–Crippen LogP) is 2.85. The molecule has 1 aliphatic carbocycles. The van der Waals surface area contributed by atoms with Gasteiger partial charge in [0.15, 0.2) is 0 Å². The number of aromatic nitrogens is 2. The van der Waals surface area contributed by atoms with Crippen molar-refractivity contribution in [2.45, 2.75) is 64.1 Å². The number of nitrogens with one attached hydrogen (secondary N) is 2. The smallest absolute Gasteiger partial charge is 0.264 e. The van der Waals surface area contributed by atoms with E-state index >= 15 is 0 Å². The third kappa shape index (κ3) is 4.17. The van der Waals surface area contributed by atoms with Crippen LogP contribution in [0.1, 0.15) is 77.8 Å². The minimum atomic E-state index is -0.840. The maximum atomic E-state index is 13.3. The summed E-state index contributed by atoms with van der Waals surface area (Å²) in [6.45, 7) is 7.76. The number of rotatable bonds is 6. The van der Waals surface area contributed by atoms with Crippen LogP contribution in [0.5, 0.6) is 0 Å². The van der Waals surface area contributed by atoms with Gasteiger partial charge in [0.25, 0.3) is 11.8 Å². The monoisotopic (exact) mass is 516 g/mol. The molecule has 10 nitrogen and oxygen atoms in total. The number of imide groups is 1. The van der Waals surface area contributed by atoms with E-state index in [0.29, 0.717) is 41.9 Å². The molecule has 198 valence electrons. The first-order chi connectivity index (χ1) is 18.2. The topological polar surface area (TPSA) is 117 Å². The van der Waals surface area contributed by atoms with Gasteiger partial charge in [-0.15, -0.1) is 0 Å². The molecule has 1 atom stereocenters. The predicted molar refractivity (Wildman–Crippen MR) is 139 cm³/mol. The van der Waals surface area contributed by atoms with Crippen molar-refractivity contribution < 1.29 is 19.2 Å². The normalized spacial score (nSPS) is 22.9. The molecule has 3 aliphatic heterocycles. The van der Waals surface area contributed by atoms with Gasteiger partial charge in [0, 0.05) is 48.2 Å². The Kier molecular flexibility index (Phi) is 5.85. The van der Waals surface area contributed by atoms with E-state index in [1.165, 1.54) is 0 Å². The summed E-state index contributed by atoms with van der Waals surface area (Å²) in [5.41, 5.74) is 2.56. The number of likely N-dealkylation sites (tertiary alicyclic amines) is 1. The molecule has 2 N–H and O–H groups in total. The summed E-state index contributed by atoms with van der Waals surface area (Å²) in [6.07, 6.45) is 8.42. The van der Waals surface area contributed by atoms with E-state index in [2.05, 4.69) is 29.2 Å². The van der Waals surface area contributed by atoms with E-state index in [9.17, 15) is 19.2 Å². The molecule has 3 fully saturated rings. The van der Waals surface area contributed by atoms with Crippen molar-refractivity contribution in [2.75, 3.05) is 18.4 Å². The second kappa shape index (κ2) is 9.11. The van der Waals surface area contributed by atoms with Crippen LogP contribution in [0.15, 0.2) is 42.9 Å². The zero-order chi connectivity index (χ0) is 26.6. The summed E-state index contributed by atoms with van der Waals surface area (Å²) in [5, 5.41) is 10.5. The number of allylic oxidation sites excluding steroid dienone is 1. The second-order valence-corrected chi connectivity index (χ2v) is 11.1. The molecular weight excluding hydrogens is 484 g/mol. The number of carbonyl (C=O) groups excluding carboxylic acids is 4. The van der Waals surface area contributed by atoms with E-state index < -0.39 is 17.9 Å². The number of benzene rings is 1. The summed E-state index contributed by atoms with van der Waals surface area (Å²) in [5.74, 6) is -1.00. The number of hydrogen-bond acceptors (Lipinski definition) is 6. The summed E-state index contributed by atoms with van der Waals surface area (Å²) < 4.78 is 1.97. The average Bonchev–Trinajstić information content (AvgIpc) is 3.39. The highest BCUT2D eigenvalue weighted by Crippen LogP contribution is 2.47.